The number of imidazole rings is 1. The van der Waals surface area contributed by atoms with Crippen LogP contribution in [0.4, 0.5) is 0 Å². The van der Waals surface area contributed by atoms with Crippen molar-refractivity contribution >= 4 is 23.2 Å². The molecule has 0 bridgehead atoms. The van der Waals surface area contributed by atoms with Crippen molar-refractivity contribution in [2.75, 3.05) is 6.61 Å². The van der Waals surface area contributed by atoms with Gasteiger partial charge in [0.15, 0.2) is 16.5 Å². The molecule has 2 heterocycles. The summed E-state index contributed by atoms with van der Waals surface area (Å²) in [5, 5.41) is 0.257. The average molecular weight is 226 g/mol. The molecule has 2 aromatic rings. The van der Waals surface area contributed by atoms with Crippen molar-refractivity contribution < 1.29 is 9.53 Å². The highest BCUT2D eigenvalue weighted by atomic mass is 35.5. The highest BCUT2D eigenvalue weighted by Gasteiger charge is 2.14. The van der Waals surface area contributed by atoms with E-state index in [0.717, 1.165) is 0 Å². The van der Waals surface area contributed by atoms with Gasteiger partial charge < -0.3 is 4.74 Å². The van der Waals surface area contributed by atoms with Crippen LogP contribution < -0.4 is 0 Å². The highest BCUT2D eigenvalue weighted by Crippen LogP contribution is 2.14. The summed E-state index contributed by atoms with van der Waals surface area (Å²) in [7, 11) is 0. The molecule has 2 aromatic heterocycles. The Labute approximate surface area is 90.7 Å². The number of fused-ring (bicyclic) bond motifs is 1. The second kappa shape index (κ2) is 3.86. The van der Waals surface area contributed by atoms with Crippen LogP contribution in [0.1, 0.15) is 17.4 Å². The van der Waals surface area contributed by atoms with Gasteiger partial charge >= 0.3 is 5.97 Å². The molecule has 0 amide bonds. The van der Waals surface area contributed by atoms with Crippen molar-refractivity contribution in [2.24, 2.45) is 0 Å². The molecule has 5 nitrogen and oxygen atoms in total. The second-order valence-electron chi connectivity index (χ2n) is 2.78. The summed E-state index contributed by atoms with van der Waals surface area (Å²) in [4.78, 5) is 19.3. The molecule has 0 fully saturated rings. The Hall–Kier alpha value is -1.62. The van der Waals surface area contributed by atoms with Crippen LogP contribution in [0.2, 0.25) is 5.15 Å². The fourth-order valence-corrected chi connectivity index (χ4v) is 1.44. The molecule has 0 aromatic carbocycles. The van der Waals surface area contributed by atoms with Crippen LogP contribution in [-0.2, 0) is 4.74 Å². The van der Waals surface area contributed by atoms with Gasteiger partial charge in [-0.3, -0.25) is 4.40 Å². The Morgan fingerprint density at radius 3 is 3.13 bits per heavy atom. The lowest BCUT2D eigenvalue weighted by Gasteiger charge is -2.01. The highest BCUT2D eigenvalue weighted by molar-refractivity contribution is 6.32. The van der Waals surface area contributed by atoms with Crippen molar-refractivity contribution in [2.45, 2.75) is 6.92 Å². The third-order valence-electron chi connectivity index (χ3n) is 1.87. The van der Waals surface area contributed by atoms with Crippen LogP contribution in [0.3, 0.4) is 0 Å². The fraction of sp³-hybridized carbons (Fsp3) is 0.222. The SMILES string of the molecule is CCOC(=O)c1cnc2c(Cl)nccn12. The molecule has 15 heavy (non-hydrogen) atoms. The molecule has 6 heteroatoms. The van der Waals surface area contributed by atoms with Gasteiger partial charge in [0.1, 0.15) is 0 Å². The first-order valence-corrected chi connectivity index (χ1v) is 4.76. The van der Waals surface area contributed by atoms with Gasteiger partial charge in [-0.2, -0.15) is 0 Å². The van der Waals surface area contributed by atoms with E-state index in [4.69, 9.17) is 16.3 Å². The van der Waals surface area contributed by atoms with Crippen molar-refractivity contribution in [3.8, 4) is 0 Å². The van der Waals surface area contributed by atoms with Crippen molar-refractivity contribution in [3.63, 3.8) is 0 Å². The lowest BCUT2D eigenvalue weighted by Crippen LogP contribution is -2.07. The minimum absolute atomic E-state index is 0.257. The van der Waals surface area contributed by atoms with Gasteiger partial charge in [-0.25, -0.2) is 14.8 Å². The number of hydrogen-bond donors (Lipinski definition) is 0. The molecule has 78 valence electrons. The molecule has 0 unspecified atom stereocenters. The Balaban J connectivity index is 2.54. The molecular weight excluding hydrogens is 218 g/mol. The smallest absolute Gasteiger partial charge is 0.356 e. The lowest BCUT2D eigenvalue weighted by atomic mass is 10.5. The summed E-state index contributed by atoms with van der Waals surface area (Å²) in [6.45, 7) is 2.07. The van der Waals surface area contributed by atoms with E-state index in [2.05, 4.69) is 9.97 Å². The monoisotopic (exact) mass is 225 g/mol. The maximum absolute atomic E-state index is 11.5. The Morgan fingerprint density at radius 1 is 1.60 bits per heavy atom. The first-order chi connectivity index (χ1) is 7.24. The molecule has 0 saturated heterocycles. The molecule has 2 rings (SSSR count). The van der Waals surface area contributed by atoms with Gasteiger partial charge in [0.25, 0.3) is 0 Å². The number of esters is 1. The van der Waals surface area contributed by atoms with Gasteiger partial charge in [-0.1, -0.05) is 11.6 Å². The zero-order chi connectivity index (χ0) is 10.8. The number of nitrogens with zero attached hydrogens (tertiary/aromatic N) is 3. The quantitative estimate of drug-likeness (QED) is 0.728. The van der Waals surface area contributed by atoms with Gasteiger partial charge in [0, 0.05) is 12.4 Å². The average Bonchev–Trinajstić information content (AvgIpc) is 2.63. The number of carbonyl (C=O) groups excluding carboxylic acids is 1. The second-order valence-corrected chi connectivity index (χ2v) is 3.13. The summed E-state index contributed by atoms with van der Waals surface area (Å²) < 4.78 is 6.42. The normalized spacial score (nSPS) is 10.5. The third-order valence-corrected chi connectivity index (χ3v) is 2.14. The predicted octanol–water partition coefficient (Wildman–Crippen LogP) is 1.56. The van der Waals surface area contributed by atoms with Crippen LogP contribution in [0, 0.1) is 0 Å². The van der Waals surface area contributed by atoms with E-state index in [9.17, 15) is 4.79 Å². The van der Waals surface area contributed by atoms with E-state index in [1.54, 1.807) is 17.5 Å². The lowest BCUT2D eigenvalue weighted by molar-refractivity contribution is 0.0518. The number of ether oxygens (including phenoxy) is 1. The molecule has 0 spiro atoms. The summed E-state index contributed by atoms with van der Waals surface area (Å²) in [6.07, 6.45) is 4.53. The minimum atomic E-state index is -0.424. The van der Waals surface area contributed by atoms with E-state index in [0.29, 0.717) is 17.9 Å². The molecule has 0 atom stereocenters. The Morgan fingerprint density at radius 2 is 2.40 bits per heavy atom. The van der Waals surface area contributed by atoms with E-state index < -0.39 is 5.97 Å². The molecule has 0 radical (unpaired) electrons. The first kappa shape index (κ1) is 9.92. The first-order valence-electron chi connectivity index (χ1n) is 4.38. The predicted molar refractivity (Wildman–Crippen MR) is 54.0 cm³/mol. The summed E-state index contributed by atoms with van der Waals surface area (Å²) in [6, 6.07) is 0. The van der Waals surface area contributed by atoms with E-state index in [1.165, 1.54) is 12.4 Å². The van der Waals surface area contributed by atoms with Crippen molar-refractivity contribution in [1.29, 1.82) is 0 Å². The van der Waals surface area contributed by atoms with Gasteiger partial charge in [0.2, 0.25) is 0 Å². The number of carbonyl (C=O) groups is 1. The third kappa shape index (κ3) is 1.66. The molecule has 0 saturated carbocycles. The Bertz CT molecular complexity index is 509. The minimum Gasteiger partial charge on any atom is -0.461 e. The Kier molecular flexibility index (Phi) is 2.55. The van der Waals surface area contributed by atoms with Gasteiger partial charge in [-0.15, -0.1) is 0 Å². The number of aromatic nitrogens is 3. The standard InChI is InChI=1S/C9H8ClN3O2/c1-2-15-9(14)6-5-12-8-7(10)11-3-4-13(6)8/h3-5H,2H2,1H3. The van der Waals surface area contributed by atoms with E-state index in [-0.39, 0.29) is 5.15 Å². The van der Waals surface area contributed by atoms with Crippen molar-refractivity contribution in [3.05, 3.63) is 29.4 Å². The molecular formula is C9H8ClN3O2. The van der Waals surface area contributed by atoms with E-state index in [1.807, 2.05) is 0 Å². The molecule has 0 aliphatic rings. The van der Waals surface area contributed by atoms with Crippen molar-refractivity contribution in [1.82, 2.24) is 14.4 Å². The molecule has 0 aliphatic heterocycles. The molecule has 0 aliphatic carbocycles. The summed E-state index contributed by atoms with van der Waals surface area (Å²) in [5.41, 5.74) is 0.790. The largest absolute Gasteiger partial charge is 0.461 e. The molecule has 0 N–H and O–H groups in total. The number of hydrogen-bond acceptors (Lipinski definition) is 4. The van der Waals surface area contributed by atoms with Gasteiger partial charge in [-0.05, 0) is 6.92 Å². The summed E-state index contributed by atoms with van der Waals surface area (Å²) in [5.74, 6) is -0.424. The maximum atomic E-state index is 11.5. The zero-order valence-electron chi connectivity index (χ0n) is 7.98. The topological polar surface area (TPSA) is 56.5 Å². The van der Waals surface area contributed by atoms with Crippen LogP contribution in [0.25, 0.3) is 5.65 Å². The van der Waals surface area contributed by atoms with Crippen LogP contribution >= 0.6 is 11.6 Å². The van der Waals surface area contributed by atoms with Crippen LogP contribution in [0.15, 0.2) is 18.6 Å². The number of halogens is 1. The summed E-state index contributed by atoms with van der Waals surface area (Å²) >= 11 is 5.81. The van der Waals surface area contributed by atoms with E-state index >= 15 is 0 Å². The fourth-order valence-electron chi connectivity index (χ4n) is 1.24. The zero-order valence-corrected chi connectivity index (χ0v) is 8.73. The van der Waals surface area contributed by atoms with Gasteiger partial charge in [0.05, 0.1) is 12.8 Å². The number of rotatable bonds is 2. The maximum Gasteiger partial charge on any atom is 0.356 e. The van der Waals surface area contributed by atoms with Crippen LogP contribution in [-0.4, -0.2) is 26.9 Å². The van der Waals surface area contributed by atoms with Crippen LogP contribution in [0.5, 0.6) is 0 Å².